The molecule has 5 nitrogen and oxygen atoms in total. The lowest BCUT2D eigenvalue weighted by Gasteiger charge is -2.04. The average molecular weight is 277 g/mol. The van der Waals surface area contributed by atoms with E-state index >= 15 is 0 Å². The molecule has 1 amide bonds. The van der Waals surface area contributed by atoms with E-state index in [2.05, 4.69) is 14.9 Å². The molecule has 100 valence electrons. The lowest BCUT2D eigenvalue weighted by molar-refractivity contribution is 0.0941. The zero-order valence-corrected chi connectivity index (χ0v) is 11.7. The fourth-order valence-electron chi connectivity index (χ4n) is 1.59. The third-order valence-electron chi connectivity index (χ3n) is 2.61. The molecule has 19 heavy (non-hydrogen) atoms. The summed E-state index contributed by atoms with van der Waals surface area (Å²) in [5.74, 6) is -0.164. The zero-order valence-electron chi connectivity index (χ0n) is 10.8. The van der Waals surface area contributed by atoms with Crippen LogP contribution in [0, 0.1) is 6.92 Å². The van der Waals surface area contributed by atoms with E-state index in [4.69, 9.17) is 4.74 Å². The highest BCUT2D eigenvalue weighted by molar-refractivity contribution is 7.08. The minimum Gasteiger partial charge on any atom is -0.383 e. The topological polar surface area (TPSA) is 64.1 Å². The van der Waals surface area contributed by atoms with Crippen molar-refractivity contribution in [2.75, 3.05) is 20.3 Å². The summed E-state index contributed by atoms with van der Waals surface area (Å²) in [6, 6.07) is 7.86. The molecule has 1 aromatic heterocycles. The van der Waals surface area contributed by atoms with E-state index in [1.165, 1.54) is 0 Å². The van der Waals surface area contributed by atoms with E-state index in [-0.39, 0.29) is 5.91 Å². The van der Waals surface area contributed by atoms with Gasteiger partial charge in [0.05, 0.1) is 6.61 Å². The maximum atomic E-state index is 12.0. The molecule has 0 radical (unpaired) electrons. The van der Waals surface area contributed by atoms with Crippen molar-refractivity contribution >= 4 is 17.4 Å². The maximum absolute atomic E-state index is 12.0. The van der Waals surface area contributed by atoms with Crippen molar-refractivity contribution in [1.82, 2.24) is 14.9 Å². The van der Waals surface area contributed by atoms with Crippen LogP contribution in [-0.2, 0) is 4.74 Å². The van der Waals surface area contributed by atoms with Crippen molar-refractivity contribution in [1.29, 1.82) is 0 Å². The van der Waals surface area contributed by atoms with Gasteiger partial charge in [0.1, 0.15) is 10.6 Å². The Morgan fingerprint density at radius 1 is 1.37 bits per heavy atom. The summed E-state index contributed by atoms with van der Waals surface area (Å²) in [7, 11) is 1.60. The van der Waals surface area contributed by atoms with E-state index in [0.29, 0.717) is 23.7 Å². The van der Waals surface area contributed by atoms with Gasteiger partial charge in [0.15, 0.2) is 0 Å². The van der Waals surface area contributed by atoms with Crippen LogP contribution >= 0.6 is 11.5 Å². The van der Waals surface area contributed by atoms with Crippen molar-refractivity contribution in [3.8, 4) is 11.3 Å². The summed E-state index contributed by atoms with van der Waals surface area (Å²) in [6.07, 6.45) is 0. The van der Waals surface area contributed by atoms with Gasteiger partial charge in [-0.3, -0.25) is 4.79 Å². The first-order chi connectivity index (χ1) is 9.22. The Morgan fingerprint density at radius 2 is 2.11 bits per heavy atom. The second-order valence-electron chi connectivity index (χ2n) is 4.07. The van der Waals surface area contributed by atoms with Crippen molar-refractivity contribution < 1.29 is 9.53 Å². The minimum absolute atomic E-state index is 0.164. The number of carbonyl (C=O) groups is 1. The molecule has 1 heterocycles. The normalized spacial score (nSPS) is 10.4. The van der Waals surface area contributed by atoms with Crippen LogP contribution < -0.4 is 5.32 Å². The molecule has 0 aliphatic heterocycles. The molecule has 0 fully saturated rings. The second kappa shape index (κ2) is 6.40. The number of rotatable bonds is 5. The van der Waals surface area contributed by atoms with Crippen molar-refractivity contribution in [2.45, 2.75) is 6.92 Å². The number of benzene rings is 1. The first-order valence-electron chi connectivity index (χ1n) is 5.89. The Morgan fingerprint density at radius 3 is 2.79 bits per heavy atom. The molecular formula is C13H15N3O2S. The number of carbonyl (C=O) groups excluding carboxylic acids is 1. The zero-order chi connectivity index (χ0) is 13.7. The van der Waals surface area contributed by atoms with Gasteiger partial charge in [0.25, 0.3) is 5.91 Å². The smallest absolute Gasteiger partial charge is 0.265 e. The summed E-state index contributed by atoms with van der Waals surface area (Å²) >= 11 is 1.10. The van der Waals surface area contributed by atoms with Crippen LogP contribution in [0.1, 0.15) is 15.2 Å². The van der Waals surface area contributed by atoms with Crippen molar-refractivity contribution in [3.05, 3.63) is 34.7 Å². The fraction of sp³-hybridized carbons (Fsp3) is 0.308. The Bertz CT molecular complexity index is 551. The van der Waals surface area contributed by atoms with Crippen LogP contribution in [0.4, 0.5) is 0 Å². The highest BCUT2D eigenvalue weighted by Gasteiger charge is 2.17. The van der Waals surface area contributed by atoms with E-state index in [0.717, 1.165) is 22.7 Å². The van der Waals surface area contributed by atoms with E-state index in [1.807, 2.05) is 31.2 Å². The summed E-state index contributed by atoms with van der Waals surface area (Å²) in [4.78, 5) is 12.5. The van der Waals surface area contributed by atoms with Crippen molar-refractivity contribution in [2.24, 2.45) is 0 Å². The van der Waals surface area contributed by atoms with Gasteiger partial charge in [-0.25, -0.2) is 0 Å². The number of methoxy groups -OCH3 is 1. The molecule has 0 aliphatic rings. The van der Waals surface area contributed by atoms with Gasteiger partial charge in [-0.2, -0.15) is 0 Å². The predicted octanol–water partition coefficient (Wildman–Crippen LogP) is 1.89. The molecule has 1 aromatic carbocycles. The highest BCUT2D eigenvalue weighted by atomic mass is 32.1. The third kappa shape index (κ3) is 3.36. The van der Waals surface area contributed by atoms with Gasteiger partial charge < -0.3 is 10.1 Å². The number of nitrogens with one attached hydrogen (secondary N) is 1. The van der Waals surface area contributed by atoms with Gasteiger partial charge in [0.2, 0.25) is 0 Å². The summed E-state index contributed by atoms with van der Waals surface area (Å²) in [5.41, 5.74) is 2.69. The summed E-state index contributed by atoms with van der Waals surface area (Å²) in [5, 5.41) is 6.82. The molecule has 0 bridgehead atoms. The fourth-order valence-corrected chi connectivity index (χ4v) is 2.19. The second-order valence-corrected chi connectivity index (χ2v) is 4.82. The van der Waals surface area contributed by atoms with E-state index < -0.39 is 0 Å². The molecule has 0 atom stereocenters. The molecule has 0 saturated carbocycles. The van der Waals surface area contributed by atoms with Gasteiger partial charge >= 0.3 is 0 Å². The average Bonchev–Trinajstić information content (AvgIpc) is 2.89. The minimum atomic E-state index is -0.164. The lowest BCUT2D eigenvalue weighted by atomic mass is 10.1. The molecule has 0 saturated heterocycles. The number of amides is 1. The number of hydrogen-bond donors (Lipinski definition) is 1. The van der Waals surface area contributed by atoms with Crippen LogP contribution in [0.2, 0.25) is 0 Å². The van der Waals surface area contributed by atoms with Crippen LogP contribution in [0.3, 0.4) is 0 Å². The Hall–Kier alpha value is -1.79. The third-order valence-corrected chi connectivity index (χ3v) is 3.34. The molecule has 0 spiro atoms. The highest BCUT2D eigenvalue weighted by Crippen LogP contribution is 2.23. The number of hydrogen-bond acceptors (Lipinski definition) is 5. The molecule has 1 N–H and O–H groups in total. The molecule has 2 rings (SSSR count). The predicted molar refractivity (Wildman–Crippen MR) is 74.3 cm³/mol. The number of aromatic nitrogens is 2. The van der Waals surface area contributed by atoms with E-state index in [1.54, 1.807) is 7.11 Å². The van der Waals surface area contributed by atoms with Gasteiger partial charge in [0, 0.05) is 19.2 Å². The first kappa shape index (κ1) is 13.6. The Kier molecular flexibility index (Phi) is 4.59. The van der Waals surface area contributed by atoms with Crippen LogP contribution in [0.25, 0.3) is 11.3 Å². The SMILES string of the molecule is COCCNC(=O)c1snnc1-c1ccc(C)cc1. The van der Waals surface area contributed by atoms with Crippen molar-refractivity contribution in [3.63, 3.8) is 0 Å². The van der Waals surface area contributed by atoms with Crippen LogP contribution in [0.5, 0.6) is 0 Å². The standard InChI is InChI=1S/C13H15N3O2S/c1-9-3-5-10(6-4-9)11-12(19-16-15-11)13(17)14-7-8-18-2/h3-6H,7-8H2,1-2H3,(H,14,17). The Labute approximate surface area is 115 Å². The summed E-state index contributed by atoms with van der Waals surface area (Å²) in [6.45, 7) is 2.97. The Balaban J connectivity index is 2.17. The van der Waals surface area contributed by atoms with E-state index in [9.17, 15) is 4.79 Å². The summed E-state index contributed by atoms with van der Waals surface area (Å²) < 4.78 is 8.76. The quantitative estimate of drug-likeness (QED) is 0.848. The van der Waals surface area contributed by atoms with Gasteiger partial charge in [-0.05, 0) is 18.5 Å². The molecule has 0 aliphatic carbocycles. The first-order valence-corrected chi connectivity index (χ1v) is 6.66. The molecular weight excluding hydrogens is 262 g/mol. The molecule has 0 unspecified atom stereocenters. The monoisotopic (exact) mass is 277 g/mol. The maximum Gasteiger partial charge on any atom is 0.265 e. The molecule has 6 heteroatoms. The number of nitrogens with zero attached hydrogens (tertiary/aromatic N) is 2. The number of aryl methyl sites for hydroxylation is 1. The number of ether oxygens (including phenoxy) is 1. The van der Waals surface area contributed by atoms with Gasteiger partial charge in [-0.15, -0.1) is 5.10 Å². The van der Waals surface area contributed by atoms with Gasteiger partial charge in [-0.1, -0.05) is 34.3 Å². The van der Waals surface area contributed by atoms with Crippen LogP contribution in [0.15, 0.2) is 24.3 Å². The lowest BCUT2D eigenvalue weighted by Crippen LogP contribution is -2.26. The molecule has 2 aromatic rings. The largest absolute Gasteiger partial charge is 0.383 e. The van der Waals surface area contributed by atoms with Crippen LogP contribution in [-0.4, -0.2) is 35.8 Å².